The average Bonchev–Trinajstić information content (AvgIpc) is 3.71. The van der Waals surface area contributed by atoms with Gasteiger partial charge < -0.3 is 20.6 Å². The van der Waals surface area contributed by atoms with Crippen molar-refractivity contribution < 1.29 is 19.5 Å². The van der Waals surface area contributed by atoms with E-state index in [4.69, 9.17) is 0 Å². The van der Waals surface area contributed by atoms with Crippen LogP contribution < -0.4 is 10.6 Å². The maximum atomic E-state index is 13.9. The van der Waals surface area contributed by atoms with Crippen LogP contribution in [0.2, 0.25) is 0 Å². The lowest BCUT2D eigenvalue weighted by Gasteiger charge is -2.34. The number of aliphatic hydroxyl groups excluding tert-OH is 1. The lowest BCUT2D eigenvalue weighted by Crippen LogP contribution is -2.54. The van der Waals surface area contributed by atoms with Gasteiger partial charge in [-0.1, -0.05) is 47.7 Å². The summed E-state index contributed by atoms with van der Waals surface area (Å²) in [7, 11) is 0. The summed E-state index contributed by atoms with van der Waals surface area (Å²) in [6.45, 7) is 0.918. The Bertz CT molecular complexity index is 1380. The molecule has 2 bridgehead atoms. The van der Waals surface area contributed by atoms with Gasteiger partial charge in [0.05, 0.1) is 22.1 Å². The zero-order valence-corrected chi connectivity index (χ0v) is 22.3. The van der Waals surface area contributed by atoms with Crippen LogP contribution in [0, 0.1) is 11.8 Å². The third kappa shape index (κ3) is 4.47. The minimum Gasteiger partial charge on any atom is -0.396 e. The number of para-hydroxylation sites is 1. The highest BCUT2D eigenvalue weighted by Gasteiger charge is 2.73. The molecule has 3 saturated heterocycles. The maximum Gasteiger partial charge on any atom is 0.245 e. The van der Waals surface area contributed by atoms with Crippen LogP contribution in [0.5, 0.6) is 0 Å². The number of likely N-dealkylation sites (tertiary alicyclic amines) is 1. The molecule has 11 heteroatoms. The van der Waals surface area contributed by atoms with Crippen LogP contribution in [0.4, 0.5) is 0 Å². The molecule has 4 heterocycles. The van der Waals surface area contributed by atoms with Crippen molar-refractivity contribution in [2.75, 3.05) is 13.2 Å². The molecular formula is C28H32N6O4S. The van der Waals surface area contributed by atoms with E-state index < -0.39 is 22.6 Å². The van der Waals surface area contributed by atoms with Gasteiger partial charge in [-0.15, -0.1) is 16.9 Å². The Morgan fingerprint density at radius 1 is 1.05 bits per heavy atom. The number of amides is 3. The quantitative estimate of drug-likeness (QED) is 0.329. The van der Waals surface area contributed by atoms with E-state index >= 15 is 0 Å². The number of aliphatic hydroxyl groups is 1. The van der Waals surface area contributed by atoms with E-state index in [9.17, 15) is 19.5 Å². The number of nitrogens with zero attached hydrogens (tertiary/aromatic N) is 4. The average molecular weight is 549 g/mol. The summed E-state index contributed by atoms with van der Waals surface area (Å²) < 4.78 is 0.985. The third-order valence-electron chi connectivity index (χ3n) is 8.29. The minimum absolute atomic E-state index is 0.00359. The molecule has 1 spiro atoms. The van der Waals surface area contributed by atoms with Crippen molar-refractivity contribution >= 4 is 40.5 Å². The molecule has 2 unspecified atom stereocenters. The normalized spacial score (nSPS) is 27.2. The lowest BCUT2D eigenvalue weighted by atomic mass is 9.70. The highest BCUT2D eigenvalue weighted by molar-refractivity contribution is 8.02. The molecule has 3 aliphatic rings. The van der Waals surface area contributed by atoms with E-state index in [1.807, 2.05) is 54.6 Å². The first-order valence-electron chi connectivity index (χ1n) is 13.5. The first kappa shape index (κ1) is 25.8. The molecule has 3 aliphatic heterocycles. The monoisotopic (exact) mass is 548 g/mol. The summed E-state index contributed by atoms with van der Waals surface area (Å²) in [5.74, 6) is -1.52. The summed E-state index contributed by atoms with van der Waals surface area (Å²) in [6, 6.07) is 16.5. The van der Waals surface area contributed by atoms with E-state index in [0.29, 0.717) is 32.4 Å². The van der Waals surface area contributed by atoms with E-state index in [-0.39, 0.29) is 36.2 Å². The molecule has 2 aromatic carbocycles. The lowest BCUT2D eigenvalue weighted by molar-refractivity contribution is -0.140. The van der Waals surface area contributed by atoms with Crippen molar-refractivity contribution in [2.45, 2.75) is 54.9 Å². The van der Waals surface area contributed by atoms with Gasteiger partial charge in [0.2, 0.25) is 17.7 Å². The van der Waals surface area contributed by atoms with Gasteiger partial charge in [-0.3, -0.25) is 14.4 Å². The summed E-state index contributed by atoms with van der Waals surface area (Å²) in [5.41, 5.74) is 2.54. The highest BCUT2D eigenvalue weighted by Crippen LogP contribution is 2.66. The van der Waals surface area contributed by atoms with Gasteiger partial charge in [0.25, 0.3) is 0 Å². The van der Waals surface area contributed by atoms with Gasteiger partial charge in [0.15, 0.2) is 0 Å². The molecule has 10 nitrogen and oxygen atoms in total. The largest absolute Gasteiger partial charge is 0.396 e. The fourth-order valence-electron chi connectivity index (χ4n) is 6.57. The first-order valence-corrected chi connectivity index (χ1v) is 14.4. The van der Waals surface area contributed by atoms with Crippen LogP contribution in [0.3, 0.4) is 0 Å². The van der Waals surface area contributed by atoms with Crippen molar-refractivity contribution in [1.82, 2.24) is 30.5 Å². The van der Waals surface area contributed by atoms with Crippen LogP contribution in [-0.4, -0.2) is 71.9 Å². The maximum absolute atomic E-state index is 13.9. The van der Waals surface area contributed by atoms with Crippen LogP contribution in [0.1, 0.15) is 31.2 Å². The number of hydrogen-bond donors (Lipinski definition) is 3. The second-order valence-corrected chi connectivity index (χ2v) is 12.1. The third-order valence-corrected chi connectivity index (χ3v) is 10.2. The zero-order valence-electron chi connectivity index (χ0n) is 21.5. The molecule has 3 fully saturated rings. The Morgan fingerprint density at radius 3 is 2.67 bits per heavy atom. The molecule has 5 atom stereocenters. The fraction of sp³-hybridized carbons (Fsp3) is 0.464. The molecular weight excluding hydrogens is 516 g/mol. The molecule has 3 aromatic rings. The number of unbranched alkanes of at least 4 members (excludes halogenated alkanes) is 1. The topological polar surface area (TPSA) is 129 Å². The van der Waals surface area contributed by atoms with E-state index in [1.54, 1.807) is 21.3 Å². The molecule has 204 valence electrons. The van der Waals surface area contributed by atoms with Crippen molar-refractivity contribution in [3.8, 4) is 0 Å². The minimum atomic E-state index is -0.689. The second-order valence-electron chi connectivity index (χ2n) is 10.5. The molecule has 6 rings (SSSR count). The standard InChI is InChI=1S/C28H32N6O4S/c35-15-7-6-14-33-24(26(37)30-17-34-20-11-5-4-10-19(20)31-32-34)28-13-12-21(39-28)22(23(28)27(33)38)25(36)29-16-18-8-2-1-3-9-18/h1-5,8-11,21-24,35H,6-7,12-17H2,(H,29,36)(H,30,37)/t21-,22+,23-,24?,28?/m0/s1. The fourth-order valence-corrected chi connectivity index (χ4v) is 8.79. The van der Waals surface area contributed by atoms with Crippen molar-refractivity contribution in [3.63, 3.8) is 0 Å². The van der Waals surface area contributed by atoms with Gasteiger partial charge in [0, 0.05) is 24.9 Å². The number of benzene rings is 2. The zero-order chi connectivity index (χ0) is 27.0. The molecule has 1 aromatic heterocycles. The predicted molar refractivity (Wildman–Crippen MR) is 146 cm³/mol. The SMILES string of the molecule is O=C(NCn1nnc2ccccc21)C1N(CCCCO)C(=O)[C@@H]2[C@H](C(=O)NCc3ccccc3)[C@@H]3CCC12S3. The second kappa shape index (κ2) is 10.6. The highest BCUT2D eigenvalue weighted by atomic mass is 32.2. The summed E-state index contributed by atoms with van der Waals surface area (Å²) in [4.78, 5) is 43.0. The van der Waals surface area contributed by atoms with E-state index in [2.05, 4.69) is 20.9 Å². The van der Waals surface area contributed by atoms with Crippen LogP contribution in [0.15, 0.2) is 54.6 Å². The summed E-state index contributed by atoms with van der Waals surface area (Å²) in [5, 5.41) is 23.7. The Kier molecular flexibility index (Phi) is 7.03. The van der Waals surface area contributed by atoms with Crippen molar-refractivity contribution in [2.24, 2.45) is 11.8 Å². The van der Waals surface area contributed by atoms with Gasteiger partial charge in [-0.05, 0) is 43.4 Å². The van der Waals surface area contributed by atoms with Gasteiger partial charge in [0.1, 0.15) is 18.2 Å². The molecule has 3 N–H and O–H groups in total. The molecule has 39 heavy (non-hydrogen) atoms. The van der Waals surface area contributed by atoms with Crippen molar-refractivity contribution in [1.29, 1.82) is 0 Å². The van der Waals surface area contributed by atoms with E-state index in [0.717, 1.165) is 23.0 Å². The molecule has 0 radical (unpaired) electrons. The molecule has 0 aliphatic carbocycles. The van der Waals surface area contributed by atoms with Crippen LogP contribution in [0.25, 0.3) is 11.0 Å². The Morgan fingerprint density at radius 2 is 1.85 bits per heavy atom. The summed E-state index contributed by atoms with van der Waals surface area (Å²) >= 11 is 1.65. The van der Waals surface area contributed by atoms with Crippen molar-refractivity contribution in [3.05, 3.63) is 60.2 Å². The number of fused-ring (bicyclic) bond motifs is 2. The Balaban J connectivity index is 1.23. The number of carbonyl (C=O) groups is 3. The predicted octanol–water partition coefficient (Wildman–Crippen LogP) is 1.69. The van der Waals surface area contributed by atoms with Crippen LogP contribution in [-0.2, 0) is 27.6 Å². The number of nitrogens with one attached hydrogen (secondary N) is 2. The smallest absolute Gasteiger partial charge is 0.245 e. The first-order chi connectivity index (χ1) is 19.0. The molecule has 0 saturated carbocycles. The van der Waals surface area contributed by atoms with Gasteiger partial charge >= 0.3 is 0 Å². The summed E-state index contributed by atoms with van der Waals surface area (Å²) in [6.07, 6.45) is 2.63. The Labute approximate surface area is 230 Å². The Hall–Kier alpha value is -3.44. The number of rotatable bonds is 10. The molecule has 3 amide bonds. The van der Waals surface area contributed by atoms with Gasteiger partial charge in [-0.2, -0.15) is 0 Å². The number of aromatic nitrogens is 3. The van der Waals surface area contributed by atoms with Crippen LogP contribution >= 0.6 is 11.8 Å². The number of hydrogen-bond acceptors (Lipinski definition) is 7. The number of thioether (sulfide) groups is 1. The number of carbonyl (C=O) groups excluding carboxylic acids is 3. The van der Waals surface area contributed by atoms with Gasteiger partial charge in [-0.25, -0.2) is 4.68 Å². The van der Waals surface area contributed by atoms with E-state index in [1.165, 1.54) is 0 Å².